The fourth-order valence-electron chi connectivity index (χ4n) is 4.11. The predicted octanol–water partition coefficient (Wildman–Crippen LogP) is 4.66. The van der Waals surface area contributed by atoms with Crippen LogP contribution in [0.1, 0.15) is 27.2 Å². The summed E-state index contributed by atoms with van der Waals surface area (Å²) in [6.07, 6.45) is 3.76. The number of nitrogens with two attached hydrogens (primary N) is 1. The zero-order valence-corrected chi connectivity index (χ0v) is 20.8. The largest absolute Gasteiger partial charge is 0.489 e. The van der Waals surface area contributed by atoms with Crippen molar-refractivity contribution in [3.8, 4) is 17.0 Å². The Kier molecular flexibility index (Phi) is 6.68. The molecule has 0 aliphatic carbocycles. The van der Waals surface area contributed by atoms with Gasteiger partial charge in [0.25, 0.3) is 11.6 Å². The number of aryl methyl sites for hydroxylation is 2. The number of imidazole rings is 1. The first-order valence-corrected chi connectivity index (χ1v) is 12.0. The maximum Gasteiger partial charge on any atom is 0.286 e. The van der Waals surface area contributed by atoms with E-state index in [-0.39, 0.29) is 5.91 Å². The van der Waals surface area contributed by atoms with Crippen molar-refractivity contribution in [1.82, 2.24) is 9.83 Å². The van der Waals surface area contributed by atoms with Crippen molar-refractivity contribution in [3.63, 3.8) is 0 Å². The van der Waals surface area contributed by atoms with Gasteiger partial charge in [0.15, 0.2) is 5.69 Å². The minimum Gasteiger partial charge on any atom is -0.489 e. The Morgan fingerprint density at radius 3 is 2.43 bits per heavy atom. The molecule has 0 aliphatic rings. The SMILES string of the molecule is Cc1cccc2n1cc(-c1ccc(COc3ccc(/C=N/NC(=O)c4ccc(N)cc4)cc3)cc1)[n+]2C. The number of hydrazone groups is 1. The molecule has 7 heteroatoms. The van der Waals surface area contributed by atoms with E-state index < -0.39 is 0 Å². The van der Waals surface area contributed by atoms with Crippen molar-refractivity contribution in [1.29, 1.82) is 0 Å². The highest BCUT2D eigenvalue weighted by Gasteiger charge is 2.16. The van der Waals surface area contributed by atoms with Gasteiger partial charge in [-0.25, -0.2) is 9.99 Å². The van der Waals surface area contributed by atoms with Gasteiger partial charge in [-0.05, 0) is 72.6 Å². The lowest BCUT2D eigenvalue weighted by molar-refractivity contribution is -0.633. The van der Waals surface area contributed by atoms with Crippen molar-refractivity contribution in [3.05, 3.63) is 120 Å². The maximum atomic E-state index is 12.1. The monoisotopic (exact) mass is 490 g/mol. The van der Waals surface area contributed by atoms with Crippen LogP contribution in [-0.4, -0.2) is 16.5 Å². The molecule has 0 fully saturated rings. The zero-order chi connectivity index (χ0) is 25.8. The Balaban J connectivity index is 1.16. The van der Waals surface area contributed by atoms with Crippen molar-refractivity contribution in [2.24, 2.45) is 12.1 Å². The first-order valence-electron chi connectivity index (χ1n) is 12.0. The number of pyridine rings is 1. The van der Waals surface area contributed by atoms with E-state index in [1.54, 1.807) is 30.5 Å². The molecule has 0 aliphatic heterocycles. The van der Waals surface area contributed by atoms with Crippen LogP contribution in [0.2, 0.25) is 0 Å². The Bertz CT molecular complexity index is 1570. The summed E-state index contributed by atoms with van der Waals surface area (Å²) in [6, 6.07) is 28.9. The third-order valence-electron chi connectivity index (χ3n) is 6.25. The van der Waals surface area contributed by atoms with E-state index in [1.165, 1.54) is 5.69 Å². The molecule has 3 N–H and O–H groups in total. The van der Waals surface area contributed by atoms with Gasteiger partial charge in [-0.1, -0.05) is 30.3 Å². The number of fused-ring (bicyclic) bond motifs is 1. The second-order valence-electron chi connectivity index (χ2n) is 8.84. The van der Waals surface area contributed by atoms with Gasteiger partial charge in [-0.15, -0.1) is 0 Å². The van der Waals surface area contributed by atoms with E-state index in [2.05, 4.69) is 82.1 Å². The van der Waals surface area contributed by atoms with E-state index in [0.29, 0.717) is 17.9 Å². The lowest BCUT2D eigenvalue weighted by Crippen LogP contribution is -2.29. The maximum absolute atomic E-state index is 12.1. The molecule has 37 heavy (non-hydrogen) atoms. The molecule has 7 nitrogen and oxygen atoms in total. The number of amides is 1. The van der Waals surface area contributed by atoms with Gasteiger partial charge in [0, 0.05) is 22.9 Å². The standard InChI is InChI=1S/C30H27N5O2/c1-21-4-3-5-29-34(2)28(19-35(21)29)24-10-6-23(7-11-24)20-37-27-16-8-22(9-17-27)18-32-33-30(36)25-12-14-26(31)15-13-25/h3-19H,20H2,1-2H3,(H2-,31,33,36)/p+1/b32-18+. The topological polar surface area (TPSA) is 85.0 Å². The number of hydrogen-bond acceptors (Lipinski definition) is 4. The summed E-state index contributed by atoms with van der Waals surface area (Å²) in [5.74, 6) is 0.462. The first kappa shape index (κ1) is 23.8. The number of ether oxygens (including phenoxy) is 1. The van der Waals surface area contributed by atoms with Crippen molar-refractivity contribution in [2.45, 2.75) is 13.5 Å². The average Bonchev–Trinajstić information content (AvgIpc) is 3.26. The highest BCUT2D eigenvalue weighted by Crippen LogP contribution is 2.20. The lowest BCUT2D eigenvalue weighted by atomic mass is 10.1. The number of nitrogens with zero attached hydrogens (tertiary/aromatic N) is 3. The highest BCUT2D eigenvalue weighted by molar-refractivity contribution is 5.95. The van der Waals surface area contributed by atoms with Gasteiger partial charge >= 0.3 is 0 Å². The van der Waals surface area contributed by atoms with Crippen LogP contribution in [0.4, 0.5) is 5.69 Å². The summed E-state index contributed by atoms with van der Waals surface area (Å²) in [6.45, 7) is 2.58. The average molecular weight is 491 g/mol. The second kappa shape index (κ2) is 10.4. The molecular weight excluding hydrogens is 462 g/mol. The van der Waals surface area contributed by atoms with E-state index >= 15 is 0 Å². The number of aromatic nitrogens is 2. The minimum atomic E-state index is -0.295. The highest BCUT2D eigenvalue weighted by atomic mass is 16.5. The summed E-state index contributed by atoms with van der Waals surface area (Å²) in [5, 5.41) is 4.02. The molecule has 0 unspecified atom stereocenters. The summed E-state index contributed by atoms with van der Waals surface area (Å²) < 4.78 is 10.4. The van der Waals surface area contributed by atoms with E-state index in [9.17, 15) is 4.79 Å². The molecule has 2 aromatic heterocycles. The molecular formula is C30H28N5O2+. The molecule has 1 amide bonds. The molecule has 0 saturated heterocycles. The number of carbonyl (C=O) groups excluding carboxylic acids is 1. The van der Waals surface area contributed by atoms with Gasteiger partial charge in [0.05, 0.1) is 13.3 Å². The number of anilines is 1. The van der Waals surface area contributed by atoms with Gasteiger partial charge < -0.3 is 10.5 Å². The summed E-state index contributed by atoms with van der Waals surface area (Å²) in [4.78, 5) is 12.1. The molecule has 3 aromatic carbocycles. The van der Waals surface area contributed by atoms with Gasteiger partial charge in [0.1, 0.15) is 24.2 Å². The number of nitrogens with one attached hydrogen (secondary N) is 1. The number of rotatable bonds is 7. The number of benzene rings is 3. The van der Waals surface area contributed by atoms with Crippen LogP contribution < -0.4 is 20.5 Å². The second-order valence-corrected chi connectivity index (χ2v) is 8.84. The molecule has 5 aromatic rings. The van der Waals surface area contributed by atoms with Crippen LogP contribution in [0.5, 0.6) is 5.75 Å². The fourth-order valence-corrected chi connectivity index (χ4v) is 4.11. The lowest BCUT2D eigenvalue weighted by Gasteiger charge is -2.07. The Morgan fingerprint density at radius 2 is 1.73 bits per heavy atom. The minimum absolute atomic E-state index is 0.295. The number of nitrogen functional groups attached to an aromatic ring is 1. The molecule has 0 saturated carbocycles. The third-order valence-corrected chi connectivity index (χ3v) is 6.25. The molecule has 2 heterocycles. The van der Waals surface area contributed by atoms with Crippen LogP contribution in [0.15, 0.2) is 102 Å². The molecule has 184 valence electrons. The van der Waals surface area contributed by atoms with Gasteiger partial charge in [0.2, 0.25) is 0 Å². The van der Waals surface area contributed by atoms with Crippen LogP contribution >= 0.6 is 0 Å². The van der Waals surface area contributed by atoms with Crippen LogP contribution in [-0.2, 0) is 13.7 Å². The molecule has 0 spiro atoms. The Morgan fingerprint density at radius 1 is 1.00 bits per heavy atom. The van der Waals surface area contributed by atoms with Gasteiger partial charge in [-0.2, -0.15) is 9.50 Å². The normalized spacial score (nSPS) is 11.2. The quantitative estimate of drug-likeness (QED) is 0.151. The number of hydrogen-bond donors (Lipinski definition) is 2. The third kappa shape index (κ3) is 5.36. The van der Waals surface area contributed by atoms with Crippen LogP contribution in [0.3, 0.4) is 0 Å². The van der Waals surface area contributed by atoms with Gasteiger partial charge in [-0.3, -0.25) is 4.79 Å². The summed E-state index contributed by atoms with van der Waals surface area (Å²) in [7, 11) is 2.09. The van der Waals surface area contributed by atoms with E-state index in [0.717, 1.165) is 33.8 Å². The van der Waals surface area contributed by atoms with E-state index in [1.807, 2.05) is 24.3 Å². The summed E-state index contributed by atoms with van der Waals surface area (Å²) >= 11 is 0. The van der Waals surface area contributed by atoms with Crippen molar-refractivity contribution < 1.29 is 14.1 Å². The molecule has 0 atom stereocenters. The summed E-state index contributed by atoms with van der Waals surface area (Å²) in [5.41, 5.74) is 15.9. The Labute approximate surface area is 215 Å². The van der Waals surface area contributed by atoms with E-state index in [4.69, 9.17) is 10.5 Å². The van der Waals surface area contributed by atoms with Crippen molar-refractivity contribution >= 4 is 23.5 Å². The number of carbonyl (C=O) groups is 1. The zero-order valence-electron chi connectivity index (χ0n) is 20.8. The molecule has 0 radical (unpaired) electrons. The fraction of sp³-hybridized carbons (Fsp3) is 0.100. The molecule has 0 bridgehead atoms. The Hall–Kier alpha value is -4.91. The predicted molar refractivity (Wildman–Crippen MR) is 145 cm³/mol. The first-order chi connectivity index (χ1) is 18.0. The molecule has 5 rings (SSSR count). The smallest absolute Gasteiger partial charge is 0.286 e. The van der Waals surface area contributed by atoms with Crippen molar-refractivity contribution in [2.75, 3.05) is 5.73 Å². The van der Waals surface area contributed by atoms with Crippen LogP contribution in [0, 0.1) is 6.92 Å². The van der Waals surface area contributed by atoms with Crippen LogP contribution in [0.25, 0.3) is 16.9 Å².